The molecule has 0 aliphatic carbocycles. The second-order valence-corrected chi connectivity index (χ2v) is 4.91. The molecular weight excluding hydrogens is 230 g/mol. The van der Waals surface area contributed by atoms with Crippen molar-refractivity contribution in [3.63, 3.8) is 0 Å². The van der Waals surface area contributed by atoms with E-state index in [1.54, 1.807) is 19.2 Å². The van der Waals surface area contributed by atoms with E-state index in [0.717, 1.165) is 43.2 Å². The molecule has 1 aliphatic rings. The molecule has 1 N–H and O–H groups in total. The van der Waals surface area contributed by atoms with E-state index in [4.69, 9.17) is 0 Å². The van der Waals surface area contributed by atoms with Gasteiger partial charge < -0.3 is 10.2 Å². The summed E-state index contributed by atoms with van der Waals surface area (Å²) in [5, 5.41) is 13.9. The van der Waals surface area contributed by atoms with Gasteiger partial charge in [-0.2, -0.15) is 0 Å². The fourth-order valence-electron chi connectivity index (χ4n) is 2.29. The van der Waals surface area contributed by atoms with Gasteiger partial charge in [0.25, 0.3) is 5.69 Å². The summed E-state index contributed by atoms with van der Waals surface area (Å²) < 4.78 is 0. The summed E-state index contributed by atoms with van der Waals surface area (Å²) in [6, 6.07) is 5.20. The number of hydrogen-bond acceptors (Lipinski definition) is 4. The van der Waals surface area contributed by atoms with Gasteiger partial charge in [-0.15, -0.1) is 0 Å². The lowest BCUT2D eigenvalue weighted by atomic mass is 9.98. The van der Waals surface area contributed by atoms with Crippen LogP contribution in [-0.4, -0.2) is 25.1 Å². The van der Waals surface area contributed by atoms with Crippen molar-refractivity contribution in [2.45, 2.75) is 19.8 Å². The van der Waals surface area contributed by atoms with Gasteiger partial charge in [-0.1, -0.05) is 6.92 Å². The van der Waals surface area contributed by atoms with Crippen LogP contribution in [0.15, 0.2) is 18.2 Å². The van der Waals surface area contributed by atoms with Gasteiger partial charge >= 0.3 is 0 Å². The summed E-state index contributed by atoms with van der Waals surface area (Å²) in [5.74, 6) is 0.753. The zero-order valence-electron chi connectivity index (χ0n) is 10.8. The Labute approximate surface area is 107 Å². The van der Waals surface area contributed by atoms with Gasteiger partial charge in [0, 0.05) is 43.6 Å². The maximum atomic E-state index is 10.9. The quantitative estimate of drug-likeness (QED) is 0.661. The first-order valence-corrected chi connectivity index (χ1v) is 6.32. The summed E-state index contributed by atoms with van der Waals surface area (Å²) in [4.78, 5) is 12.8. The van der Waals surface area contributed by atoms with Crippen molar-refractivity contribution >= 4 is 17.1 Å². The summed E-state index contributed by atoms with van der Waals surface area (Å²) >= 11 is 0. The third-order valence-corrected chi connectivity index (χ3v) is 3.55. The second kappa shape index (κ2) is 5.25. The molecule has 2 rings (SSSR count). The van der Waals surface area contributed by atoms with E-state index in [0.29, 0.717) is 0 Å². The number of non-ortho nitro benzene ring substituents is 1. The molecule has 1 saturated heterocycles. The molecule has 1 heterocycles. The third kappa shape index (κ3) is 2.72. The smallest absolute Gasteiger partial charge is 0.273 e. The van der Waals surface area contributed by atoms with Crippen LogP contribution in [0.4, 0.5) is 17.1 Å². The van der Waals surface area contributed by atoms with Crippen LogP contribution >= 0.6 is 0 Å². The molecule has 0 atom stereocenters. The zero-order chi connectivity index (χ0) is 13.1. The minimum absolute atomic E-state index is 0.149. The Morgan fingerprint density at radius 1 is 1.33 bits per heavy atom. The van der Waals surface area contributed by atoms with Gasteiger partial charge in [0.1, 0.15) is 0 Å². The molecule has 1 aliphatic heterocycles. The van der Waals surface area contributed by atoms with Crippen molar-refractivity contribution in [1.29, 1.82) is 0 Å². The second-order valence-electron chi connectivity index (χ2n) is 4.91. The van der Waals surface area contributed by atoms with Gasteiger partial charge in [0.15, 0.2) is 0 Å². The van der Waals surface area contributed by atoms with Gasteiger partial charge in [-0.05, 0) is 24.8 Å². The normalized spacial score (nSPS) is 16.7. The van der Waals surface area contributed by atoms with E-state index in [1.165, 1.54) is 0 Å². The largest absolute Gasteiger partial charge is 0.388 e. The van der Waals surface area contributed by atoms with Crippen LogP contribution in [0.3, 0.4) is 0 Å². The lowest BCUT2D eigenvalue weighted by molar-refractivity contribution is -0.384. The van der Waals surface area contributed by atoms with E-state index >= 15 is 0 Å². The molecule has 0 spiro atoms. The number of hydrogen-bond donors (Lipinski definition) is 1. The average molecular weight is 249 g/mol. The number of anilines is 2. The number of nitro groups is 1. The van der Waals surface area contributed by atoms with Gasteiger partial charge in [-0.25, -0.2) is 0 Å². The molecule has 1 aromatic rings. The predicted molar refractivity (Wildman–Crippen MR) is 73.3 cm³/mol. The Kier molecular flexibility index (Phi) is 3.69. The molecule has 5 nitrogen and oxygen atoms in total. The van der Waals surface area contributed by atoms with Crippen LogP contribution in [0.25, 0.3) is 0 Å². The number of nitrogens with one attached hydrogen (secondary N) is 1. The van der Waals surface area contributed by atoms with E-state index in [-0.39, 0.29) is 10.6 Å². The van der Waals surface area contributed by atoms with Crippen molar-refractivity contribution in [2.75, 3.05) is 30.4 Å². The lowest BCUT2D eigenvalue weighted by Crippen LogP contribution is -2.32. The maximum absolute atomic E-state index is 10.9. The van der Waals surface area contributed by atoms with Crippen LogP contribution in [0, 0.1) is 16.0 Å². The highest BCUT2D eigenvalue weighted by molar-refractivity contribution is 5.64. The average Bonchev–Trinajstić information content (AvgIpc) is 2.39. The number of nitrogens with zero attached hydrogens (tertiary/aromatic N) is 2. The molecule has 98 valence electrons. The SMILES string of the molecule is CNc1cc(N2CCC(C)CC2)cc([N+](=O)[O-])c1. The first-order chi connectivity index (χ1) is 8.60. The summed E-state index contributed by atoms with van der Waals surface area (Å²) in [7, 11) is 1.78. The fourth-order valence-corrected chi connectivity index (χ4v) is 2.29. The van der Waals surface area contributed by atoms with E-state index in [1.807, 2.05) is 6.07 Å². The number of rotatable bonds is 3. The van der Waals surface area contributed by atoms with E-state index in [2.05, 4.69) is 17.1 Å². The molecule has 0 aromatic heterocycles. The highest BCUT2D eigenvalue weighted by Crippen LogP contribution is 2.29. The topological polar surface area (TPSA) is 58.4 Å². The van der Waals surface area contributed by atoms with Crippen LogP contribution < -0.4 is 10.2 Å². The van der Waals surface area contributed by atoms with Crippen LogP contribution in [-0.2, 0) is 0 Å². The summed E-state index contributed by atoms with van der Waals surface area (Å²) in [6.07, 6.45) is 2.30. The minimum atomic E-state index is -0.336. The molecule has 0 bridgehead atoms. The predicted octanol–water partition coefficient (Wildman–Crippen LogP) is 2.87. The molecule has 0 unspecified atom stereocenters. The number of nitro benzene ring substituents is 1. The van der Waals surface area contributed by atoms with Crippen molar-refractivity contribution in [1.82, 2.24) is 0 Å². The zero-order valence-corrected chi connectivity index (χ0v) is 10.8. The molecule has 0 amide bonds. The first kappa shape index (κ1) is 12.7. The van der Waals surface area contributed by atoms with Crippen molar-refractivity contribution in [2.24, 2.45) is 5.92 Å². The van der Waals surface area contributed by atoms with E-state index in [9.17, 15) is 10.1 Å². The molecule has 1 fully saturated rings. The monoisotopic (exact) mass is 249 g/mol. The van der Waals surface area contributed by atoms with Crippen molar-refractivity contribution in [3.8, 4) is 0 Å². The van der Waals surface area contributed by atoms with Crippen molar-refractivity contribution in [3.05, 3.63) is 28.3 Å². The lowest BCUT2D eigenvalue weighted by Gasteiger charge is -2.32. The Morgan fingerprint density at radius 3 is 2.56 bits per heavy atom. The Morgan fingerprint density at radius 2 is 2.00 bits per heavy atom. The highest BCUT2D eigenvalue weighted by atomic mass is 16.6. The minimum Gasteiger partial charge on any atom is -0.388 e. The standard InChI is InChI=1S/C13H19N3O2/c1-10-3-5-15(6-4-10)12-7-11(14-2)8-13(9-12)16(17)18/h7-10,14H,3-6H2,1-2H3. The Bertz CT molecular complexity index is 440. The van der Waals surface area contributed by atoms with Gasteiger partial charge in [0.05, 0.1) is 4.92 Å². The first-order valence-electron chi connectivity index (χ1n) is 6.32. The van der Waals surface area contributed by atoms with Crippen molar-refractivity contribution < 1.29 is 4.92 Å². The maximum Gasteiger partial charge on any atom is 0.273 e. The molecular formula is C13H19N3O2. The Balaban J connectivity index is 2.26. The molecule has 0 saturated carbocycles. The molecule has 0 radical (unpaired) electrons. The summed E-state index contributed by atoms with van der Waals surface area (Å²) in [5.41, 5.74) is 1.88. The summed E-state index contributed by atoms with van der Waals surface area (Å²) in [6.45, 7) is 4.21. The highest BCUT2D eigenvalue weighted by Gasteiger charge is 2.18. The molecule has 1 aromatic carbocycles. The van der Waals surface area contributed by atoms with E-state index < -0.39 is 0 Å². The molecule has 18 heavy (non-hydrogen) atoms. The number of benzene rings is 1. The van der Waals surface area contributed by atoms with Gasteiger partial charge in [-0.3, -0.25) is 10.1 Å². The fraction of sp³-hybridized carbons (Fsp3) is 0.538. The Hall–Kier alpha value is -1.78. The molecule has 5 heteroatoms. The van der Waals surface area contributed by atoms with Gasteiger partial charge in [0.2, 0.25) is 0 Å². The van der Waals surface area contributed by atoms with Crippen LogP contribution in [0.5, 0.6) is 0 Å². The van der Waals surface area contributed by atoms with Crippen LogP contribution in [0.2, 0.25) is 0 Å². The number of piperidine rings is 1. The van der Waals surface area contributed by atoms with Crippen LogP contribution in [0.1, 0.15) is 19.8 Å². The third-order valence-electron chi connectivity index (χ3n) is 3.55.